The quantitative estimate of drug-likeness (QED) is 0.715. The maximum atomic E-state index is 12.9. The molecule has 0 saturated carbocycles. The van der Waals surface area contributed by atoms with E-state index in [9.17, 15) is 4.79 Å². The molecule has 2 aromatic rings. The summed E-state index contributed by atoms with van der Waals surface area (Å²) in [6, 6.07) is 16.7. The van der Waals surface area contributed by atoms with Crippen molar-refractivity contribution in [3.05, 3.63) is 69.7 Å². The number of fused-ring (bicyclic) bond motifs is 2. The molecule has 2 unspecified atom stereocenters. The Balaban J connectivity index is 1.85. The lowest BCUT2D eigenvalue weighted by Gasteiger charge is -2.30. The third kappa shape index (κ3) is 2.56. The van der Waals surface area contributed by atoms with Gasteiger partial charge in [0.15, 0.2) is 5.11 Å². The summed E-state index contributed by atoms with van der Waals surface area (Å²) in [5.41, 5.74) is 2.74. The minimum atomic E-state index is -0.785. The SMILES string of the molecule is O=C1NC(=S)NC12CC(c1ccccc1)CCc1ccc(Br)cc12. The number of rotatable bonds is 1. The molecule has 122 valence electrons. The van der Waals surface area contributed by atoms with Crippen molar-refractivity contribution in [2.75, 3.05) is 0 Å². The van der Waals surface area contributed by atoms with Gasteiger partial charge >= 0.3 is 0 Å². The van der Waals surface area contributed by atoms with Crippen LogP contribution in [0.3, 0.4) is 0 Å². The molecule has 2 aromatic carbocycles. The third-order valence-corrected chi connectivity index (χ3v) is 5.76. The Morgan fingerprint density at radius 3 is 2.67 bits per heavy atom. The van der Waals surface area contributed by atoms with Crippen LogP contribution in [0, 0.1) is 0 Å². The maximum Gasteiger partial charge on any atom is 0.256 e. The fraction of sp³-hybridized carbons (Fsp3) is 0.263. The highest BCUT2D eigenvalue weighted by Crippen LogP contribution is 2.43. The predicted molar refractivity (Wildman–Crippen MR) is 102 cm³/mol. The number of aryl methyl sites for hydroxylation is 1. The van der Waals surface area contributed by atoms with Crippen molar-refractivity contribution < 1.29 is 4.79 Å². The van der Waals surface area contributed by atoms with Crippen molar-refractivity contribution in [1.82, 2.24) is 10.6 Å². The fourth-order valence-corrected chi connectivity index (χ4v) is 4.54. The maximum absolute atomic E-state index is 12.9. The van der Waals surface area contributed by atoms with Gasteiger partial charge in [-0.05, 0) is 66.2 Å². The second-order valence-corrected chi connectivity index (χ2v) is 7.79. The minimum Gasteiger partial charge on any atom is -0.344 e. The molecule has 1 spiro atoms. The lowest BCUT2D eigenvalue weighted by atomic mass is 9.80. The Morgan fingerprint density at radius 2 is 1.96 bits per heavy atom. The van der Waals surface area contributed by atoms with Gasteiger partial charge in [0.05, 0.1) is 0 Å². The van der Waals surface area contributed by atoms with Gasteiger partial charge in [-0.3, -0.25) is 4.79 Å². The highest BCUT2D eigenvalue weighted by molar-refractivity contribution is 9.10. The van der Waals surface area contributed by atoms with E-state index in [1.807, 2.05) is 12.1 Å². The molecule has 1 saturated heterocycles. The molecule has 2 atom stereocenters. The molecule has 1 amide bonds. The Bertz CT molecular complexity index is 823. The molecule has 0 aromatic heterocycles. The minimum absolute atomic E-state index is 0.0466. The van der Waals surface area contributed by atoms with Gasteiger partial charge in [-0.15, -0.1) is 0 Å². The highest BCUT2D eigenvalue weighted by atomic mass is 79.9. The third-order valence-electron chi connectivity index (χ3n) is 5.06. The molecule has 0 bridgehead atoms. The van der Waals surface area contributed by atoms with Gasteiger partial charge in [-0.2, -0.15) is 0 Å². The Labute approximate surface area is 155 Å². The summed E-state index contributed by atoms with van der Waals surface area (Å²) >= 11 is 8.81. The summed E-state index contributed by atoms with van der Waals surface area (Å²) < 4.78 is 0.978. The van der Waals surface area contributed by atoms with Crippen molar-refractivity contribution in [1.29, 1.82) is 0 Å². The van der Waals surface area contributed by atoms with Crippen LogP contribution < -0.4 is 10.6 Å². The van der Waals surface area contributed by atoms with E-state index >= 15 is 0 Å². The van der Waals surface area contributed by atoms with Crippen LogP contribution in [-0.4, -0.2) is 11.0 Å². The number of halogens is 1. The van der Waals surface area contributed by atoms with E-state index in [2.05, 4.69) is 63.0 Å². The van der Waals surface area contributed by atoms with Crippen LogP contribution in [0.5, 0.6) is 0 Å². The van der Waals surface area contributed by atoms with Crippen LogP contribution in [0.25, 0.3) is 0 Å². The van der Waals surface area contributed by atoms with Crippen LogP contribution in [0.4, 0.5) is 0 Å². The predicted octanol–water partition coefficient (Wildman–Crippen LogP) is 3.77. The lowest BCUT2D eigenvalue weighted by Crippen LogP contribution is -2.45. The number of hydrogen-bond acceptors (Lipinski definition) is 2. The smallest absolute Gasteiger partial charge is 0.256 e. The standard InChI is InChI=1S/C19H17BrN2OS/c20-15-9-8-13-6-7-14(12-4-2-1-3-5-12)11-19(16(13)10-15)17(23)21-18(24)22-19/h1-5,8-10,14H,6-7,11H2,(H2,21,22,23,24). The average molecular weight is 401 g/mol. The molecule has 24 heavy (non-hydrogen) atoms. The summed E-state index contributed by atoms with van der Waals surface area (Å²) in [6.45, 7) is 0. The number of benzene rings is 2. The van der Waals surface area contributed by atoms with Crippen LogP contribution in [0.15, 0.2) is 53.0 Å². The summed E-state index contributed by atoms with van der Waals surface area (Å²) in [7, 11) is 0. The zero-order chi connectivity index (χ0) is 16.7. The Morgan fingerprint density at radius 1 is 1.17 bits per heavy atom. The van der Waals surface area contributed by atoms with Gasteiger partial charge in [0, 0.05) is 4.47 Å². The number of hydrogen-bond donors (Lipinski definition) is 2. The molecular weight excluding hydrogens is 384 g/mol. The van der Waals surface area contributed by atoms with Gasteiger partial charge in [-0.25, -0.2) is 0 Å². The number of thiocarbonyl (C=S) groups is 1. The van der Waals surface area contributed by atoms with Crippen molar-refractivity contribution >= 4 is 39.2 Å². The van der Waals surface area contributed by atoms with E-state index in [4.69, 9.17) is 12.2 Å². The molecule has 1 aliphatic carbocycles. The van der Waals surface area contributed by atoms with Crippen LogP contribution in [0.1, 0.15) is 35.4 Å². The number of amides is 1. The van der Waals surface area contributed by atoms with Crippen molar-refractivity contribution in [3.63, 3.8) is 0 Å². The number of nitrogens with one attached hydrogen (secondary N) is 2. The molecule has 0 radical (unpaired) electrons. The monoisotopic (exact) mass is 400 g/mol. The first kappa shape index (κ1) is 15.8. The molecule has 5 heteroatoms. The summed E-state index contributed by atoms with van der Waals surface area (Å²) in [5, 5.41) is 6.51. The lowest BCUT2D eigenvalue weighted by molar-refractivity contribution is -0.124. The Hall–Kier alpha value is -1.72. The summed E-state index contributed by atoms with van der Waals surface area (Å²) in [6.07, 6.45) is 2.67. The van der Waals surface area contributed by atoms with Crippen LogP contribution >= 0.6 is 28.1 Å². The first-order chi connectivity index (χ1) is 11.6. The van der Waals surface area contributed by atoms with E-state index in [0.29, 0.717) is 17.5 Å². The zero-order valence-corrected chi connectivity index (χ0v) is 15.4. The molecular formula is C19H17BrN2OS. The van der Waals surface area contributed by atoms with Gasteiger partial charge in [-0.1, -0.05) is 52.3 Å². The van der Waals surface area contributed by atoms with Gasteiger partial charge in [0.1, 0.15) is 5.54 Å². The molecule has 4 rings (SSSR count). The first-order valence-corrected chi connectivity index (χ1v) is 9.26. The van der Waals surface area contributed by atoms with E-state index < -0.39 is 5.54 Å². The topological polar surface area (TPSA) is 41.1 Å². The van der Waals surface area contributed by atoms with Crippen molar-refractivity contribution in [2.45, 2.75) is 30.7 Å². The highest BCUT2D eigenvalue weighted by Gasteiger charge is 2.49. The second kappa shape index (κ2) is 5.97. The van der Waals surface area contributed by atoms with Crippen molar-refractivity contribution in [3.8, 4) is 0 Å². The summed E-state index contributed by atoms with van der Waals surface area (Å²) in [4.78, 5) is 12.9. The molecule has 2 aliphatic rings. The zero-order valence-electron chi connectivity index (χ0n) is 13.0. The molecule has 2 N–H and O–H groups in total. The van der Waals surface area contributed by atoms with Gasteiger partial charge < -0.3 is 10.6 Å². The molecule has 1 aliphatic heterocycles. The second-order valence-electron chi connectivity index (χ2n) is 6.47. The first-order valence-electron chi connectivity index (χ1n) is 8.06. The fourth-order valence-electron chi connectivity index (χ4n) is 3.91. The van der Waals surface area contributed by atoms with E-state index in [1.165, 1.54) is 11.1 Å². The normalized spacial score (nSPS) is 25.8. The van der Waals surface area contributed by atoms with E-state index in [0.717, 1.165) is 22.9 Å². The van der Waals surface area contributed by atoms with Crippen molar-refractivity contribution in [2.24, 2.45) is 0 Å². The molecule has 1 heterocycles. The average Bonchev–Trinajstić information content (AvgIpc) is 2.77. The number of carbonyl (C=O) groups excluding carboxylic acids is 1. The van der Waals surface area contributed by atoms with E-state index in [-0.39, 0.29) is 5.91 Å². The summed E-state index contributed by atoms with van der Waals surface area (Å²) in [5.74, 6) is 0.256. The van der Waals surface area contributed by atoms with Gasteiger partial charge in [0.2, 0.25) is 0 Å². The largest absolute Gasteiger partial charge is 0.344 e. The van der Waals surface area contributed by atoms with Crippen LogP contribution in [-0.2, 0) is 16.8 Å². The van der Waals surface area contributed by atoms with Crippen LogP contribution in [0.2, 0.25) is 0 Å². The number of carbonyl (C=O) groups is 1. The molecule has 1 fully saturated rings. The van der Waals surface area contributed by atoms with E-state index in [1.54, 1.807) is 0 Å². The van der Waals surface area contributed by atoms with Gasteiger partial charge in [0.25, 0.3) is 5.91 Å². The Kier molecular flexibility index (Phi) is 3.93. The molecule has 3 nitrogen and oxygen atoms in total.